The van der Waals surface area contributed by atoms with E-state index in [1.807, 2.05) is 20.8 Å². The number of aromatic amines is 1. The summed E-state index contributed by atoms with van der Waals surface area (Å²) in [4.78, 5) is 32.7. The molecule has 0 saturated carbocycles. The molecule has 38 heavy (non-hydrogen) atoms. The van der Waals surface area contributed by atoms with Crippen molar-refractivity contribution in [2.45, 2.75) is 59.1 Å². The van der Waals surface area contributed by atoms with Gasteiger partial charge in [0.25, 0.3) is 11.5 Å². The number of nitrogens with one attached hydrogen (secondary N) is 2. The Hall–Kier alpha value is -3.57. The number of amides is 1. The number of hydrogen-bond acceptors (Lipinski definition) is 6. The maximum atomic E-state index is 15.3. The van der Waals surface area contributed by atoms with E-state index in [2.05, 4.69) is 15.3 Å². The third kappa shape index (κ3) is 4.83. The van der Waals surface area contributed by atoms with Gasteiger partial charge in [0.05, 0.1) is 15.4 Å². The van der Waals surface area contributed by atoms with Crippen LogP contribution < -0.4 is 15.6 Å². The molecule has 0 aromatic carbocycles. The summed E-state index contributed by atoms with van der Waals surface area (Å²) < 4.78 is 38.2. The van der Waals surface area contributed by atoms with Crippen LogP contribution in [0.5, 0.6) is 11.5 Å². The predicted octanol–water partition coefficient (Wildman–Crippen LogP) is 5.40. The Balaban J connectivity index is 1.99. The number of halogens is 2. The number of alkyl halides is 2. The molecule has 0 atom stereocenters. The van der Waals surface area contributed by atoms with E-state index in [0.717, 1.165) is 30.7 Å². The van der Waals surface area contributed by atoms with E-state index in [-0.39, 0.29) is 28.6 Å². The summed E-state index contributed by atoms with van der Waals surface area (Å²) in [5.74, 6) is -3.48. The number of aromatic nitrogens is 3. The molecule has 11 heteroatoms. The predicted molar refractivity (Wildman–Crippen MR) is 143 cm³/mol. The van der Waals surface area contributed by atoms with Crippen molar-refractivity contribution in [1.29, 1.82) is 0 Å². The van der Waals surface area contributed by atoms with Crippen LogP contribution in [-0.4, -0.2) is 37.2 Å². The van der Waals surface area contributed by atoms with Crippen molar-refractivity contribution in [2.75, 3.05) is 0 Å². The minimum atomic E-state index is -3.60. The summed E-state index contributed by atoms with van der Waals surface area (Å²) in [7, 11) is 1.54. The van der Waals surface area contributed by atoms with Crippen molar-refractivity contribution in [1.82, 2.24) is 19.9 Å². The number of aryl methyl sites for hydroxylation is 3. The van der Waals surface area contributed by atoms with Gasteiger partial charge >= 0.3 is 5.92 Å². The van der Waals surface area contributed by atoms with Crippen LogP contribution in [0.4, 0.5) is 8.78 Å². The number of carbonyl (C=O) groups excluding carboxylic acids is 1. The van der Waals surface area contributed by atoms with Gasteiger partial charge in [-0.05, 0) is 59.2 Å². The van der Waals surface area contributed by atoms with Gasteiger partial charge in [0.2, 0.25) is 0 Å². The summed E-state index contributed by atoms with van der Waals surface area (Å²) in [6, 6.07) is 4.35. The quantitative estimate of drug-likeness (QED) is 0.289. The highest BCUT2D eigenvalue weighted by atomic mass is 32.1. The lowest BCUT2D eigenvalue weighted by Gasteiger charge is -2.27. The molecule has 8 nitrogen and oxygen atoms in total. The Labute approximate surface area is 222 Å². The van der Waals surface area contributed by atoms with Gasteiger partial charge < -0.3 is 24.7 Å². The molecular weight excluding hydrogens is 514 g/mol. The van der Waals surface area contributed by atoms with Crippen LogP contribution in [-0.2, 0) is 13.0 Å². The van der Waals surface area contributed by atoms with Gasteiger partial charge in [0.15, 0.2) is 5.75 Å². The van der Waals surface area contributed by atoms with Gasteiger partial charge in [-0.25, -0.2) is 0 Å². The Kier molecular flexibility index (Phi) is 6.96. The highest BCUT2D eigenvalue weighted by Gasteiger charge is 2.49. The average Bonchev–Trinajstić information content (AvgIpc) is 3.43. The first-order valence-electron chi connectivity index (χ1n) is 12.0. The van der Waals surface area contributed by atoms with Crippen molar-refractivity contribution < 1.29 is 23.4 Å². The normalized spacial score (nSPS) is 12.4. The summed E-state index contributed by atoms with van der Waals surface area (Å²) in [5, 5.41) is 13.4. The van der Waals surface area contributed by atoms with Crippen LogP contribution in [0.15, 0.2) is 35.4 Å². The van der Waals surface area contributed by atoms with Crippen LogP contribution in [0.25, 0.3) is 21.3 Å². The molecule has 0 bridgehead atoms. The molecule has 0 aliphatic carbocycles. The lowest BCUT2D eigenvalue weighted by atomic mass is 9.99. The lowest BCUT2D eigenvalue weighted by molar-refractivity contribution is -0.166. The molecule has 0 aliphatic heterocycles. The fourth-order valence-corrected chi connectivity index (χ4v) is 5.25. The number of ether oxygens (including phenoxy) is 1. The van der Waals surface area contributed by atoms with Crippen molar-refractivity contribution in [2.24, 2.45) is 7.05 Å². The maximum Gasteiger partial charge on any atom is 0.309 e. The molecule has 4 aromatic heterocycles. The van der Waals surface area contributed by atoms with E-state index in [4.69, 9.17) is 4.74 Å². The highest BCUT2D eigenvalue weighted by molar-refractivity contribution is 7.16. The number of H-pyrrole nitrogens is 1. The van der Waals surface area contributed by atoms with Crippen molar-refractivity contribution in [3.05, 3.63) is 62.8 Å². The zero-order valence-electron chi connectivity index (χ0n) is 22.2. The lowest BCUT2D eigenvalue weighted by Crippen LogP contribution is -2.39. The van der Waals surface area contributed by atoms with Crippen molar-refractivity contribution in [3.63, 3.8) is 0 Å². The van der Waals surface area contributed by atoms with E-state index >= 15 is 8.78 Å². The fraction of sp³-hybridized carbons (Fsp3) is 0.370. The topological polar surface area (TPSA) is 109 Å². The number of pyridine rings is 2. The molecule has 4 aromatic rings. The molecule has 3 N–H and O–H groups in total. The zero-order valence-corrected chi connectivity index (χ0v) is 23.0. The second-order valence-electron chi connectivity index (χ2n) is 10.1. The monoisotopic (exact) mass is 544 g/mol. The summed E-state index contributed by atoms with van der Waals surface area (Å²) in [6.07, 6.45) is 3.15. The van der Waals surface area contributed by atoms with E-state index < -0.39 is 22.3 Å². The van der Waals surface area contributed by atoms with E-state index in [1.54, 1.807) is 19.2 Å². The van der Waals surface area contributed by atoms with Gasteiger partial charge in [-0.15, -0.1) is 11.3 Å². The second-order valence-corrected chi connectivity index (χ2v) is 11.2. The molecule has 1 amide bonds. The fourth-order valence-electron chi connectivity index (χ4n) is 4.02. The standard InChI is InChI=1S/C27H30F2N4O4S/c1-13(2)31-24(34)18-10-16-17(12-33(7)25(35)21(16)32-18)23-19(37-22-14(3)8-9-30-15(22)4)11-20(38-23)27(28,29)26(5,6)36/h8-13,32,36H,1-7H3,(H,31,34). The molecule has 4 heterocycles. The zero-order chi connectivity index (χ0) is 28.2. The number of carbonyl (C=O) groups is 1. The number of nitrogens with zero attached hydrogens (tertiary/aromatic N) is 2. The third-order valence-corrected chi connectivity index (χ3v) is 7.36. The molecule has 202 valence electrons. The van der Waals surface area contributed by atoms with Crippen LogP contribution in [0.3, 0.4) is 0 Å². The van der Waals surface area contributed by atoms with Gasteiger partial charge in [-0.1, -0.05) is 0 Å². The summed E-state index contributed by atoms with van der Waals surface area (Å²) in [5.41, 5.74) is -0.669. The molecular formula is C27H30F2N4O4S. The van der Waals surface area contributed by atoms with Gasteiger partial charge in [-0.2, -0.15) is 8.78 Å². The molecule has 0 aliphatic rings. The van der Waals surface area contributed by atoms with Crippen LogP contribution >= 0.6 is 11.3 Å². The molecule has 0 fully saturated rings. The smallest absolute Gasteiger partial charge is 0.309 e. The minimum absolute atomic E-state index is 0.113. The summed E-state index contributed by atoms with van der Waals surface area (Å²) in [6.45, 7) is 9.27. The highest BCUT2D eigenvalue weighted by Crippen LogP contribution is 2.50. The van der Waals surface area contributed by atoms with Crippen molar-refractivity contribution in [3.8, 4) is 21.9 Å². The van der Waals surface area contributed by atoms with E-state index in [1.165, 1.54) is 29.9 Å². The SMILES string of the molecule is Cc1ccnc(C)c1Oc1cc(C(F)(F)C(C)(C)O)sc1-c1cn(C)c(=O)c2[nH]c(C(=O)NC(C)C)cc12. The Morgan fingerprint density at radius 2 is 1.95 bits per heavy atom. The molecule has 4 rings (SSSR count). The molecule has 0 saturated heterocycles. The molecule has 0 radical (unpaired) electrons. The first kappa shape index (κ1) is 27.5. The Morgan fingerprint density at radius 3 is 2.55 bits per heavy atom. The largest absolute Gasteiger partial charge is 0.454 e. The number of fused-ring (bicyclic) bond motifs is 1. The number of aliphatic hydroxyl groups is 1. The number of rotatable bonds is 7. The Bertz CT molecular complexity index is 1570. The van der Waals surface area contributed by atoms with Crippen LogP contribution in [0, 0.1) is 13.8 Å². The van der Waals surface area contributed by atoms with Crippen LogP contribution in [0.1, 0.15) is 54.3 Å². The van der Waals surface area contributed by atoms with Gasteiger partial charge in [-0.3, -0.25) is 14.6 Å². The van der Waals surface area contributed by atoms with E-state index in [9.17, 15) is 14.7 Å². The van der Waals surface area contributed by atoms with Gasteiger partial charge in [0, 0.05) is 42.5 Å². The average molecular weight is 545 g/mol. The third-order valence-electron chi connectivity index (χ3n) is 6.14. The number of hydrogen-bond donors (Lipinski definition) is 3. The molecule has 0 spiro atoms. The number of thiophene rings is 1. The van der Waals surface area contributed by atoms with E-state index in [0.29, 0.717) is 27.3 Å². The first-order valence-corrected chi connectivity index (χ1v) is 12.8. The second kappa shape index (κ2) is 9.63. The molecule has 0 unspecified atom stereocenters. The summed E-state index contributed by atoms with van der Waals surface area (Å²) >= 11 is 0.750. The van der Waals surface area contributed by atoms with Crippen LogP contribution in [0.2, 0.25) is 0 Å². The van der Waals surface area contributed by atoms with Crippen molar-refractivity contribution >= 4 is 28.1 Å². The Morgan fingerprint density at radius 1 is 1.26 bits per heavy atom. The first-order chi connectivity index (χ1) is 17.6. The maximum absolute atomic E-state index is 15.3. The van der Waals surface area contributed by atoms with Gasteiger partial charge in [0.1, 0.15) is 22.6 Å². The minimum Gasteiger partial charge on any atom is -0.454 e.